The summed E-state index contributed by atoms with van der Waals surface area (Å²) in [6, 6.07) is 11.5. The van der Waals surface area contributed by atoms with Gasteiger partial charge in [0.15, 0.2) is 5.82 Å². The standard InChI is InChI=1S/C24H29ClN6O3S/c1-15-11-21(22(34-2)12-18(15)16-7-9-26-10-8-16)30-24-27-14-19(25)23(31-24)29-20-6-4-3-5-17(20)13-28-35(32)33/h3-6,11-12,14,16,26,28H,7-10,13H2,1-2H3,(H,32,33)(H2,27,29,30,31)/p-1. The molecule has 0 amide bonds. The van der Waals surface area contributed by atoms with Gasteiger partial charge in [-0.15, -0.1) is 0 Å². The molecule has 4 rings (SSSR count). The van der Waals surface area contributed by atoms with Crippen LogP contribution in [-0.2, 0) is 17.8 Å². The van der Waals surface area contributed by atoms with Gasteiger partial charge in [0.05, 0.1) is 19.0 Å². The number of nitrogens with one attached hydrogen (secondary N) is 4. The van der Waals surface area contributed by atoms with Crippen LogP contribution in [0.5, 0.6) is 5.75 Å². The third-order valence-corrected chi connectivity index (χ3v) is 6.67. The number of para-hydroxylation sites is 1. The first kappa shape index (κ1) is 25.3. The zero-order valence-corrected chi connectivity index (χ0v) is 21.1. The molecule has 9 nitrogen and oxygen atoms in total. The van der Waals surface area contributed by atoms with Crippen molar-refractivity contribution in [1.29, 1.82) is 0 Å². The van der Waals surface area contributed by atoms with E-state index in [1.807, 2.05) is 24.3 Å². The Morgan fingerprint density at radius 1 is 1.20 bits per heavy atom. The maximum atomic E-state index is 10.9. The van der Waals surface area contributed by atoms with Crippen LogP contribution >= 0.6 is 11.6 Å². The monoisotopic (exact) mass is 515 g/mol. The van der Waals surface area contributed by atoms with Crippen molar-refractivity contribution in [2.75, 3.05) is 30.8 Å². The summed E-state index contributed by atoms with van der Waals surface area (Å²) < 4.78 is 29.9. The van der Waals surface area contributed by atoms with Gasteiger partial charge in [0.2, 0.25) is 5.95 Å². The minimum Gasteiger partial charge on any atom is -0.760 e. The summed E-state index contributed by atoms with van der Waals surface area (Å²) in [5.74, 6) is 1.97. The predicted molar refractivity (Wildman–Crippen MR) is 138 cm³/mol. The Morgan fingerprint density at radius 2 is 1.97 bits per heavy atom. The van der Waals surface area contributed by atoms with Crippen molar-refractivity contribution < 1.29 is 13.5 Å². The maximum absolute atomic E-state index is 10.9. The molecule has 3 aromatic rings. The normalized spacial score (nSPS) is 15.0. The van der Waals surface area contributed by atoms with Crippen molar-refractivity contribution in [2.24, 2.45) is 0 Å². The molecular formula is C24H28ClN6O3S-. The zero-order valence-electron chi connectivity index (χ0n) is 19.6. The number of aryl methyl sites for hydroxylation is 1. The van der Waals surface area contributed by atoms with E-state index >= 15 is 0 Å². The lowest BCUT2D eigenvalue weighted by Gasteiger charge is -2.25. The first-order chi connectivity index (χ1) is 16.9. The SMILES string of the molecule is COc1cc(C2CCNCC2)c(C)cc1Nc1ncc(Cl)c(Nc2ccccc2CNS(=O)[O-])n1. The summed E-state index contributed by atoms with van der Waals surface area (Å²) in [7, 11) is 1.65. The molecule has 1 aliphatic heterocycles. The van der Waals surface area contributed by atoms with E-state index in [4.69, 9.17) is 16.3 Å². The van der Waals surface area contributed by atoms with Crippen LogP contribution in [-0.4, -0.2) is 38.9 Å². The lowest BCUT2D eigenvalue weighted by molar-refractivity contribution is 0.413. The zero-order chi connectivity index (χ0) is 24.8. The molecular weight excluding hydrogens is 488 g/mol. The summed E-state index contributed by atoms with van der Waals surface area (Å²) in [5, 5.41) is 10.2. The fourth-order valence-electron chi connectivity index (χ4n) is 4.24. The fraction of sp³-hybridized carbons (Fsp3) is 0.333. The van der Waals surface area contributed by atoms with E-state index in [0.29, 0.717) is 28.4 Å². The summed E-state index contributed by atoms with van der Waals surface area (Å²) >= 11 is 4.00. The average molecular weight is 516 g/mol. The molecule has 0 aliphatic carbocycles. The lowest BCUT2D eigenvalue weighted by Crippen LogP contribution is -2.27. The molecule has 1 aliphatic rings. The molecule has 2 heterocycles. The lowest BCUT2D eigenvalue weighted by atomic mass is 9.87. The number of hydrogen-bond acceptors (Lipinski definition) is 8. The summed E-state index contributed by atoms with van der Waals surface area (Å²) in [5.41, 5.74) is 4.67. The second-order valence-electron chi connectivity index (χ2n) is 8.29. The third-order valence-electron chi connectivity index (χ3n) is 6.01. The largest absolute Gasteiger partial charge is 0.760 e. The highest BCUT2D eigenvalue weighted by Gasteiger charge is 2.20. The molecule has 4 N–H and O–H groups in total. The van der Waals surface area contributed by atoms with Crippen molar-refractivity contribution in [3.8, 4) is 5.75 Å². The van der Waals surface area contributed by atoms with E-state index in [-0.39, 0.29) is 6.54 Å². The number of halogens is 1. The molecule has 186 valence electrons. The Balaban J connectivity index is 1.57. The van der Waals surface area contributed by atoms with Gasteiger partial charge in [-0.25, -0.2) is 9.71 Å². The molecule has 0 spiro atoms. The van der Waals surface area contributed by atoms with Crippen LogP contribution in [0.2, 0.25) is 5.02 Å². The number of benzene rings is 2. The summed E-state index contributed by atoms with van der Waals surface area (Å²) in [4.78, 5) is 8.87. The van der Waals surface area contributed by atoms with Crippen molar-refractivity contribution in [3.63, 3.8) is 0 Å². The molecule has 35 heavy (non-hydrogen) atoms. The van der Waals surface area contributed by atoms with E-state index in [1.165, 1.54) is 17.3 Å². The second kappa shape index (κ2) is 11.8. The van der Waals surface area contributed by atoms with Crippen LogP contribution in [0.25, 0.3) is 0 Å². The van der Waals surface area contributed by atoms with Crippen LogP contribution < -0.4 is 25.4 Å². The number of ether oxygens (including phenoxy) is 1. The molecule has 0 saturated carbocycles. The molecule has 11 heteroatoms. The number of hydrogen-bond donors (Lipinski definition) is 4. The molecule has 1 fully saturated rings. The van der Waals surface area contributed by atoms with Crippen LogP contribution in [0.3, 0.4) is 0 Å². The molecule has 0 radical (unpaired) electrons. The molecule has 1 atom stereocenters. The molecule has 2 aromatic carbocycles. The Bertz CT molecular complexity index is 1210. The van der Waals surface area contributed by atoms with Gasteiger partial charge in [0, 0.05) is 23.5 Å². The number of aromatic nitrogens is 2. The third kappa shape index (κ3) is 6.47. The van der Waals surface area contributed by atoms with Crippen LogP contribution in [0.1, 0.15) is 35.4 Å². The van der Waals surface area contributed by atoms with Gasteiger partial charge in [-0.2, -0.15) is 4.98 Å². The first-order valence-corrected chi connectivity index (χ1v) is 12.8. The fourth-order valence-corrected chi connectivity index (χ4v) is 4.65. The predicted octanol–water partition coefficient (Wildman–Crippen LogP) is 4.28. The smallest absolute Gasteiger partial charge is 0.229 e. The Labute approximate surface area is 212 Å². The molecule has 1 saturated heterocycles. The van der Waals surface area contributed by atoms with Crippen molar-refractivity contribution >= 4 is 46.0 Å². The van der Waals surface area contributed by atoms with Crippen LogP contribution in [0.15, 0.2) is 42.6 Å². The van der Waals surface area contributed by atoms with Gasteiger partial charge in [0.25, 0.3) is 0 Å². The quantitative estimate of drug-likeness (QED) is 0.311. The Hall–Kier alpha value is -2.76. The number of anilines is 4. The number of piperidine rings is 1. The van der Waals surface area contributed by atoms with Crippen molar-refractivity contribution in [1.82, 2.24) is 20.0 Å². The van der Waals surface area contributed by atoms with E-state index in [2.05, 4.69) is 49.7 Å². The van der Waals surface area contributed by atoms with Gasteiger partial charge in [-0.1, -0.05) is 29.8 Å². The van der Waals surface area contributed by atoms with Gasteiger partial charge < -0.3 is 25.2 Å². The molecule has 0 bridgehead atoms. The van der Waals surface area contributed by atoms with E-state index in [1.54, 1.807) is 7.11 Å². The molecule has 1 unspecified atom stereocenters. The van der Waals surface area contributed by atoms with Gasteiger partial charge in [-0.05, 0) is 73.7 Å². The number of nitrogens with zero attached hydrogens (tertiary/aromatic N) is 2. The van der Waals surface area contributed by atoms with Gasteiger partial charge >= 0.3 is 0 Å². The van der Waals surface area contributed by atoms with Gasteiger partial charge in [0.1, 0.15) is 10.8 Å². The second-order valence-corrected chi connectivity index (χ2v) is 9.45. The highest BCUT2D eigenvalue weighted by Crippen LogP contribution is 2.36. The number of methoxy groups -OCH3 is 1. The van der Waals surface area contributed by atoms with E-state index < -0.39 is 11.3 Å². The molecule has 1 aromatic heterocycles. The minimum atomic E-state index is -2.36. The number of rotatable bonds is 9. The van der Waals surface area contributed by atoms with Crippen molar-refractivity contribution in [3.05, 3.63) is 64.3 Å². The van der Waals surface area contributed by atoms with Crippen LogP contribution in [0, 0.1) is 6.92 Å². The maximum Gasteiger partial charge on any atom is 0.229 e. The first-order valence-electron chi connectivity index (χ1n) is 11.3. The summed E-state index contributed by atoms with van der Waals surface area (Å²) in [6.07, 6.45) is 3.72. The highest BCUT2D eigenvalue weighted by atomic mass is 35.5. The minimum absolute atomic E-state index is 0.132. The van der Waals surface area contributed by atoms with Crippen molar-refractivity contribution in [2.45, 2.75) is 32.2 Å². The van der Waals surface area contributed by atoms with E-state index in [9.17, 15) is 8.76 Å². The van der Waals surface area contributed by atoms with E-state index in [0.717, 1.165) is 42.9 Å². The average Bonchev–Trinajstić information content (AvgIpc) is 2.86. The Kier molecular flexibility index (Phi) is 8.53. The van der Waals surface area contributed by atoms with Crippen LogP contribution in [0.4, 0.5) is 23.1 Å². The van der Waals surface area contributed by atoms with Gasteiger partial charge in [-0.3, -0.25) is 4.21 Å². The summed E-state index contributed by atoms with van der Waals surface area (Å²) in [6.45, 7) is 4.29. The Morgan fingerprint density at radius 3 is 2.71 bits per heavy atom. The highest BCUT2D eigenvalue weighted by molar-refractivity contribution is 7.77. The topological polar surface area (TPSA) is 123 Å².